The minimum Gasteiger partial charge on any atom is -0.377 e. The zero-order valence-electron chi connectivity index (χ0n) is 20.3. The first kappa shape index (κ1) is 25.3. The van der Waals surface area contributed by atoms with Crippen LogP contribution in [0.5, 0.6) is 0 Å². The van der Waals surface area contributed by atoms with Crippen LogP contribution in [-0.4, -0.2) is 58.8 Å². The highest BCUT2D eigenvalue weighted by Gasteiger charge is 2.82. The summed E-state index contributed by atoms with van der Waals surface area (Å²) in [6.45, 7) is 0.0659. The lowest BCUT2D eigenvalue weighted by molar-refractivity contribution is -0.347. The van der Waals surface area contributed by atoms with Crippen LogP contribution in [0.2, 0.25) is 0 Å². The van der Waals surface area contributed by atoms with Crippen molar-refractivity contribution in [3.63, 3.8) is 0 Å². The number of sulfone groups is 1. The molecular weight excluding hydrogens is 524 g/mol. The Morgan fingerprint density at radius 1 is 1.00 bits per heavy atom. The van der Waals surface area contributed by atoms with Gasteiger partial charge in [0.1, 0.15) is 24.3 Å². The molecule has 7 nitrogen and oxygen atoms in total. The van der Waals surface area contributed by atoms with Gasteiger partial charge in [-0.15, -0.1) is 0 Å². The van der Waals surface area contributed by atoms with Crippen LogP contribution in [0.4, 0.5) is 23.2 Å². The summed E-state index contributed by atoms with van der Waals surface area (Å²) in [4.78, 5) is 5.72. The normalized spacial score (nSPS) is 27.8. The second kappa shape index (κ2) is 8.25. The third kappa shape index (κ3) is 3.67. The van der Waals surface area contributed by atoms with Crippen LogP contribution in [0, 0.1) is 17.0 Å². The lowest BCUT2D eigenvalue weighted by Gasteiger charge is -2.74. The standard InChI is InChI=1S/C26H26F4N4O3S/c27-19-3-6-21(22(28)11-19)25(35,15-34-17-31-16-32-34)26(29,30)24-12-23(13-24,14-24)18-1-4-20(5-2-18)33-7-9-38(36,37)10-8-33/h1-6,11,16-17,35H,7-10,12-15H2/t23?,24?,25-/m0/s1. The van der Waals surface area contributed by atoms with E-state index in [4.69, 9.17) is 0 Å². The van der Waals surface area contributed by atoms with Crippen molar-refractivity contribution in [2.75, 3.05) is 29.5 Å². The number of anilines is 1. The first-order chi connectivity index (χ1) is 17.9. The van der Waals surface area contributed by atoms with Crippen molar-refractivity contribution in [1.29, 1.82) is 0 Å². The molecule has 1 atom stereocenters. The fourth-order valence-electron chi connectivity index (χ4n) is 6.59. The molecule has 2 heterocycles. The van der Waals surface area contributed by atoms with E-state index in [1.54, 1.807) is 0 Å². The second-order valence-corrected chi connectivity index (χ2v) is 13.2. The highest BCUT2D eigenvalue weighted by atomic mass is 32.2. The SMILES string of the molecule is O=S1(=O)CCN(c2ccc(C34CC(C(F)(F)[C@](O)(Cn5cncn5)c5ccc(F)cc5F)(C3)C4)cc2)CC1. The Balaban J connectivity index is 1.24. The van der Waals surface area contributed by atoms with Gasteiger partial charge >= 0.3 is 0 Å². The summed E-state index contributed by atoms with van der Waals surface area (Å²) >= 11 is 0. The van der Waals surface area contributed by atoms with E-state index < -0.39 is 55.9 Å². The maximum atomic E-state index is 16.3. The summed E-state index contributed by atoms with van der Waals surface area (Å²) in [5, 5.41) is 15.3. The van der Waals surface area contributed by atoms with E-state index >= 15 is 8.78 Å². The largest absolute Gasteiger partial charge is 0.377 e. The molecule has 1 N–H and O–H groups in total. The molecule has 3 aliphatic carbocycles. The second-order valence-electron chi connectivity index (χ2n) is 10.9. The van der Waals surface area contributed by atoms with Crippen molar-refractivity contribution >= 4 is 15.5 Å². The Bertz CT molecular complexity index is 1450. The minimum absolute atomic E-state index is 0.0996. The predicted octanol–water partition coefficient (Wildman–Crippen LogP) is 3.44. The van der Waals surface area contributed by atoms with Crippen LogP contribution in [0.1, 0.15) is 30.4 Å². The lowest BCUT2D eigenvalue weighted by atomic mass is 9.30. The third-order valence-electron chi connectivity index (χ3n) is 8.64. The molecule has 38 heavy (non-hydrogen) atoms. The zero-order chi connectivity index (χ0) is 27.0. The Morgan fingerprint density at radius 2 is 1.66 bits per heavy atom. The molecule has 0 amide bonds. The van der Waals surface area contributed by atoms with E-state index in [0.29, 0.717) is 19.2 Å². The van der Waals surface area contributed by atoms with Gasteiger partial charge < -0.3 is 10.0 Å². The molecule has 2 aromatic carbocycles. The fraction of sp³-hybridized carbons (Fsp3) is 0.462. The van der Waals surface area contributed by atoms with Crippen LogP contribution in [0.25, 0.3) is 0 Å². The van der Waals surface area contributed by atoms with Gasteiger partial charge in [-0.05, 0) is 54.5 Å². The molecule has 3 saturated carbocycles. The molecule has 1 aromatic heterocycles. The zero-order valence-corrected chi connectivity index (χ0v) is 21.1. The number of nitrogens with zero attached hydrogens (tertiary/aromatic N) is 4. The van der Waals surface area contributed by atoms with Gasteiger partial charge in [0.05, 0.1) is 18.1 Å². The van der Waals surface area contributed by atoms with Gasteiger partial charge in [0.15, 0.2) is 15.4 Å². The van der Waals surface area contributed by atoms with Crippen molar-refractivity contribution in [2.24, 2.45) is 5.41 Å². The summed E-state index contributed by atoms with van der Waals surface area (Å²) in [7, 11) is -3.00. The molecule has 202 valence electrons. The van der Waals surface area contributed by atoms with E-state index in [0.717, 1.165) is 40.7 Å². The van der Waals surface area contributed by atoms with Gasteiger partial charge in [-0.3, -0.25) is 0 Å². The molecule has 4 aliphatic rings. The van der Waals surface area contributed by atoms with E-state index in [1.165, 1.54) is 0 Å². The van der Waals surface area contributed by atoms with Crippen molar-refractivity contribution in [2.45, 2.75) is 42.7 Å². The first-order valence-electron chi connectivity index (χ1n) is 12.3. The van der Waals surface area contributed by atoms with Crippen LogP contribution in [0.15, 0.2) is 55.1 Å². The van der Waals surface area contributed by atoms with Crippen molar-refractivity contribution in [3.8, 4) is 0 Å². The van der Waals surface area contributed by atoms with E-state index in [-0.39, 0.29) is 30.8 Å². The number of hydrogen-bond acceptors (Lipinski definition) is 6. The predicted molar refractivity (Wildman–Crippen MR) is 130 cm³/mol. The highest BCUT2D eigenvalue weighted by Crippen LogP contribution is 2.80. The van der Waals surface area contributed by atoms with Gasteiger partial charge in [-0.2, -0.15) is 5.10 Å². The Kier molecular flexibility index (Phi) is 5.49. The summed E-state index contributed by atoms with van der Waals surface area (Å²) < 4.78 is 85.5. The molecular formula is C26H26F4N4O3S. The van der Waals surface area contributed by atoms with E-state index in [9.17, 15) is 22.3 Å². The number of aromatic nitrogens is 3. The monoisotopic (exact) mass is 550 g/mol. The topological polar surface area (TPSA) is 88.3 Å². The maximum Gasteiger partial charge on any atom is 0.287 e. The highest BCUT2D eigenvalue weighted by molar-refractivity contribution is 7.91. The quantitative estimate of drug-likeness (QED) is 0.454. The summed E-state index contributed by atoms with van der Waals surface area (Å²) in [6.07, 6.45) is 2.61. The molecule has 1 saturated heterocycles. The summed E-state index contributed by atoms with van der Waals surface area (Å²) in [5.74, 6) is -5.75. The average molecular weight is 551 g/mol. The van der Waals surface area contributed by atoms with Crippen molar-refractivity contribution < 1.29 is 31.1 Å². The molecule has 0 radical (unpaired) electrons. The van der Waals surface area contributed by atoms with Crippen LogP contribution < -0.4 is 4.90 Å². The molecule has 1 aliphatic heterocycles. The van der Waals surface area contributed by atoms with Gasteiger partial charge in [0.2, 0.25) is 0 Å². The number of hydrogen-bond donors (Lipinski definition) is 1. The summed E-state index contributed by atoms with van der Waals surface area (Å²) in [6, 6.07) is 9.74. The van der Waals surface area contributed by atoms with E-state index in [1.807, 2.05) is 29.2 Å². The van der Waals surface area contributed by atoms with Gasteiger partial charge in [0, 0.05) is 35.8 Å². The Labute approximate surface area is 217 Å². The lowest BCUT2D eigenvalue weighted by Crippen LogP contribution is -2.76. The van der Waals surface area contributed by atoms with Crippen molar-refractivity contribution in [1.82, 2.24) is 14.8 Å². The average Bonchev–Trinajstić information content (AvgIpc) is 3.30. The molecule has 2 bridgehead atoms. The Hall–Kier alpha value is -2.99. The molecule has 12 heteroatoms. The fourth-order valence-corrected chi connectivity index (χ4v) is 7.79. The van der Waals surface area contributed by atoms with Crippen molar-refractivity contribution in [3.05, 3.63) is 77.9 Å². The van der Waals surface area contributed by atoms with E-state index in [2.05, 4.69) is 10.1 Å². The number of alkyl halides is 2. The summed E-state index contributed by atoms with van der Waals surface area (Å²) in [5.41, 5.74) is -3.92. The maximum absolute atomic E-state index is 16.3. The number of benzene rings is 2. The molecule has 4 fully saturated rings. The minimum atomic E-state index is -3.76. The molecule has 0 spiro atoms. The Morgan fingerprint density at radius 3 is 2.24 bits per heavy atom. The number of rotatable bonds is 7. The van der Waals surface area contributed by atoms with Crippen LogP contribution >= 0.6 is 0 Å². The molecule has 3 aromatic rings. The third-order valence-corrected chi connectivity index (χ3v) is 10.2. The van der Waals surface area contributed by atoms with Crippen LogP contribution in [0.3, 0.4) is 0 Å². The molecule has 0 unspecified atom stereocenters. The first-order valence-corrected chi connectivity index (χ1v) is 14.2. The van der Waals surface area contributed by atoms with Gasteiger partial charge in [-0.1, -0.05) is 12.1 Å². The number of aliphatic hydroxyl groups is 1. The number of halogens is 4. The van der Waals surface area contributed by atoms with Crippen LogP contribution in [-0.2, 0) is 27.4 Å². The smallest absolute Gasteiger partial charge is 0.287 e. The van der Waals surface area contributed by atoms with Gasteiger partial charge in [0.25, 0.3) is 5.92 Å². The molecule has 7 rings (SSSR count). The van der Waals surface area contributed by atoms with Gasteiger partial charge in [-0.25, -0.2) is 35.6 Å².